The van der Waals surface area contributed by atoms with Crippen LogP contribution in [0.5, 0.6) is 5.75 Å². The Balaban J connectivity index is 1.87. The van der Waals surface area contributed by atoms with Crippen LogP contribution in [-0.4, -0.2) is 13.1 Å². The third kappa shape index (κ3) is 4.63. The van der Waals surface area contributed by atoms with E-state index >= 15 is 0 Å². The largest absolute Gasteiger partial charge is 0.497 e. The lowest BCUT2D eigenvalue weighted by Crippen LogP contribution is -2.08. The minimum atomic E-state index is -0.186. The summed E-state index contributed by atoms with van der Waals surface area (Å²) in [5.41, 5.74) is 2.07. The molecule has 2 aromatic rings. The van der Waals surface area contributed by atoms with Crippen molar-refractivity contribution >= 4 is 5.97 Å². The van der Waals surface area contributed by atoms with Crippen molar-refractivity contribution in [2.24, 2.45) is 0 Å². The molecule has 3 nitrogen and oxygen atoms in total. The van der Waals surface area contributed by atoms with Crippen LogP contribution >= 0.6 is 0 Å². The molecule has 0 fully saturated rings. The molecule has 0 radical (unpaired) electrons. The first-order valence-electron chi connectivity index (χ1n) is 7.02. The summed E-state index contributed by atoms with van der Waals surface area (Å²) in [4.78, 5) is 11.9. The number of esters is 1. The normalized spacial score (nSPS) is 11.7. The van der Waals surface area contributed by atoms with Gasteiger partial charge in [-0.15, -0.1) is 0 Å². The van der Waals surface area contributed by atoms with Crippen molar-refractivity contribution < 1.29 is 14.3 Å². The highest BCUT2D eigenvalue weighted by Gasteiger charge is 2.13. The Kier molecular flexibility index (Phi) is 5.38. The summed E-state index contributed by atoms with van der Waals surface area (Å²) < 4.78 is 10.5. The van der Waals surface area contributed by atoms with Crippen LogP contribution in [0, 0.1) is 0 Å². The van der Waals surface area contributed by atoms with Gasteiger partial charge < -0.3 is 9.47 Å². The smallest absolute Gasteiger partial charge is 0.306 e. The van der Waals surface area contributed by atoms with Gasteiger partial charge in [-0.3, -0.25) is 4.79 Å². The summed E-state index contributed by atoms with van der Waals surface area (Å²) in [6.07, 6.45) is 0.361. The number of ether oxygens (including phenoxy) is 2. The fraction of sp³-hybridized carbons (Fsp3) is 0.278. The maximum Gasteiger partial charge on any atom is 0.306 e. The molecule has 0 aliphatic heterocycles. The number of hydrogen-bond donors (Lipinski definition) is 0. The standard InChI is InChI=1S/C18H20O3/c1-14(16-9-6-10-17(12-16)20-2)11-18(19)21-13-15-7-4-3-5-8-15/h3-10,12,14H,11,13H2,1-2H3/t14-/m1/s1. The average Bonchev–Trinajstić information content (AvgIpc) is 2.54. The molecule has 0 saturated carbocycles. The molecule has 0 amide bonds. The Hall–Kier alpha value is -2.29. The minimum absolute atomic E-state index is 0.100. The number of methoxy groups -OCH3 is 1. The van der Waals surface area contributed by atoms with Gasteiger partial charge in [0.1, 0.15) is 12.4 Å². The molecule has 0 unspecified atom stereocenters. The first-order valence-corrected chi connectivity index (χ1v) is 7.02. The minimum Gasteiger partial charge on any atom is -0.497 e. The van der Waals surface area contributed by atoms with Gasteiger partial charge in [-0.05, 0) is 29.2 Å². The highest BCUT2D eigenvalue weighted by Crippen LogP contribution is 2.23. The van der Waals surface area contributed by atoms with E-state index in [2.05, 4.69) is 0 Å². The molecule has 0 heterocycles. The summed E-state index contributed by atoms with van der Waals surface area (Å²) in [5.74, 6) is 0.717. The first-order chi connectivity index (χ1) is 10.2. The van der Waals surface area contributed by atoms with E-state index in [1.165, 1.54) is 0 Å². The molecule has 0 N–H and O–H groups in total. The molecule has 2 aromatic carbocycles. The second kappa shape index (κ2) is 7.48. The van der Waals surface area contributed by atoms with E-state index in [1.807, 2.05) is 61.5 Å². The van der Waals surface area contributed by atoms with Crippen LogP contribution in [0.3, 0.4) is 0 Å². The number of carbonyl (C=O) groups is 1. The van der Waals surface area contributed by atoms with Gasteiger partial charge in [0.2, 0.25) is 0 Å². The predicted molar refractivity (Wildman–Crippen MR) is 82.3 cm³/mol. The van der Waals surface area contributed by atoms with Crippen molar-refractivity contribution in [3.8, 4) is 5.75 Å². The lowest BCUT2D eigenvalue weighted by atomic mass is 9.98. The van der Waals surface area contributed by atoms with Crippen LogP contribution in [0.2, 0.25) is 0 Å². The quantitative estimate of drug-likeness (QED) is 0.754. The van der Waals surface area contributed by atoms with E-state index in [0.29, 0.717) is 13.0 Å². The molecule has 0 aliphatic rings. The fourth-order valence-corrected chi connectivity index (χ4v) is 2.11. The third-order valence-electron chi connectivity index (χ3n) is 3.38. The summed E-state index contributed by atoms with van der Waals surface area (Å²) in [7, 11) is 1.64. The van der Waals surface area contributed by atoms with E-state index in [-0.39, 0.29) is 11.9 Å². The van der Waals surface area contributed by atoms with Crippen molar-refractivity contribution in [2.75, 3.05) is 7.11 Å². The molecular formula is C18H20O3. The zero-order chi connectivity index (χ0) is 15.1. The SMILES string of the molecule is COc1cccc([C@H](C)CC(=O)OCc2ccccc2)c1. The van der Waals surface area contributed by atoms with Crippen molar-refractivity contribution in [1.82, 2.24) is 0 Å². The van der Waals surface area contributed by atoms with E-state index in [0.717, 1.165) is 16.9 Å². The Morgan fingerprint density at radius 2 is 1.86 bits per heavy atom. The molecule has 0 aromatic heterocycles. The summed E-state index contributed by atoms with van der Waals surface area (Å²) in [5, 5.41) is 0. The molecule has 110 valence electrons. The van der Waals surface area contributed by atoms with Crippen LogP contribution in [0.4, 0.5) is 0 Å². The molecule has 0 bridgehead atoms. The van der Waals surface area contributed by atoms with Gasteiger partial charge >= 0.3 is 5.97 Å². The van der Waals surface area contributed by atoms with Crippen LogP contribution in [0.25, 0.3) is 0 Å². The van der Waals surface area contributed by atoms with E-state index in [1.54, 1.807) is 7.11 Å². The number of benzene rings is 2. The van der Waals surface area contributed by atoms with Crippen LogP contribution < -0.4 is 4.74 Å². The molecule has 3 heteroatoms. The molecular weight excluding hydrogens is 264 g/mol. The Morgan fingerprint density at radius 3 is 2.57 bits per heavy atom. The van der Waals surface area contributed by atoms with Crippen molar-refractivity contribution in [2.45, 2.75) is 25.9 Å². The van der Waals surface area contributed by atoms with Crippen LogP contribution in [0.1, 0.15) is 30.4 Å². The van der Waals surface area contributed by atoms with Gasteiger partial charge in [-0.25, -0.2) is 0 Å². The van der Waals surface area contributed by atoms with Gasteiger partial charge in [-0.2, -0.15) is 0 Å². The molecule has 2 rings (SSSR count). The first kappa shape index (κ1) is 15.1. The summed E-state index contributed by atoms with van der Waals surface area (Å²) >= 11 is 0. The van der Waals surface area contributed by atoms with Gasteiger partial charge in [0.05, 0.1) is 13.5 Å². The molecule has 0 spiro atoms. The maximum atomic E-state index is 11.9. The van der Waals surface area contributed by atoms with Gasteiger partial charge in [0, 0.05) is 0 Å². The van der Waals surface area contributed by atoms with Crippen LogP contribution in [-0.2, 0) is 16.1 Å². The third-order valence-corrected chi connectivity index (χ3v) is 3.38. The van der Waals surface area contributed by atoms with Crippen molar-refractivity contribution in [1.29, 1.82) is 0 Å². The summed E-state index contributed by atoms with van der Waals surface area (Å²) in [6.45, 7) is 2.34. The Bertz CT molecular complexity index is 578. The van der Waals surface area contributed by atoms with Crippen molar-refractivity contribution in [3.05, 3.63) is 65.7 Å². The van der Waals surface area contributed by atoms with Gasteiger partial charge in [0.15, 0.2) is 0 Å². The molecule has 0 saturated heterocycles. The lowest BCUT2D eigenvalue weighted by molar-refractivity contribution is -0.145. The topological polar surface area (TPSA) is 35.5 Å². The second-order valence-electron chi connectivity index (χ2n) is 5.03. The van der Waals surface area contributed by atoms with Gasteiger partial charge in [-0.1, -0.05) is 49.4 Å². The highest BCUT2D eigenvalue weighted by atomic mass is 16.5. The van der Waals surface area contributed by atoms with Gasteiger partial charge in [0.25, 0.3) is 0 Å². The van der Waals surface area contributed by atoms with Crippen molar-refractivity contribution in [3.63, 3.8) is 0 Å². The van der Waals surface area contributed by atoms with E-state index in [9.17, 15) is 4.79 Å². The van der Waals surface area contributed by atoms with E-state index in [4.69, 9.17) is 9.47 Å². The number of carbonyl (C=O) groups excluding carboxylic acids is 1. The maximum absolute atomic E-state index is 11.9. The molecule has 1 atom stereocenters. The fourth-order valence-electron chi connectivity index (χ4n) is 2.11. The van der Waals surface area contributed by atoms with E-state index < -0.39 is 0 Å². The monoisotopic (exact) mass is 284 g/mol. The second-order valence-corrected chi connectivity index (χ2v) is 5.03. The highest BCUT2D eigenvalue weighted by molar-refractivity contribution is 5.70. The average molecular weight is 284 g/mol. The predicted octanol–water partition coefficient (Wildman–Crippen LogP) is 3.93. The Morgan fingerprint density at radius 1 is 1.10 bits per heavy atom. The molecule has 0 aliphatic carbocycles. The zero-order valence-corrected chi connectivity index (χ0v) is 12.4. The number of rotatable bonds is 6. The lowest BCUT2D eigenvalue weighted by Gasteiger charge is -2.12. The summed E-state index contributed by atoms with van der Waals surface area (Å²) in [6, 6.07) is 17.5. The zero-order valence-electron chi connectivity index (χ0n) is 12.4. The number of hydrogen-bond acceptors (Lipinski definition) is 3. The molecule has 21 heavy (non-hydrogen) atoms. The Labute approximate surface area is 125 Å². The van der Waals surface area contributed by atoms with Crippen LogP contribution in [0.15, 0.2) is 54.6 Å².